The molecule has 0 aliphatic rings. The number of aromatic hydroxyl groups is 1. The molecule has 4 rings (SSSR count). The van der Waals surface area contributed by atoms with E-state index in [1.165, 1.54) is 12.1 Å². The van der Waals surface area contributed by atoms with Crippen molar-refractivity contribution in [3.05, 3.63) is 84.8 Å². The average molecular weight is 329 g/mol. The van der Waals surface area contributed by atoms with Crippen LogP contribution in [0.15, 0.2) is 73.3 Å². The molecule has 0 amide bonds. The van der Waals surface area contributed by atoms with E-state index in [1.807, 2.05) is 18.2 Å². The molecule has 2 N–H and O–H groups in total. The number of aromatic nitrogens is 1. The van der Waals surface area contributed by atoms with Gasteiger partial charge in [0.2, 0.25) is 0 Å². The van der Waals surface area contributed by atoms with E-state index in [1.54, 1.807) is 30.3 Å². The standard InChI is InChI=1S/C22H16FNO/c1-2-20-22(15-5-10-18(25)11-6-15)19-12-7-16(13-21(19)24-20)14-3-8-17(23)9-4-14/h2-13,24-25H,1H2. The van der Waals surface area contributed by atoms with Crippen LogP contribution < -0.4 is 0 Å². The van der Waals surface area contributed by atoms with Crippen molar-refractivity contribution in [3.63, 3.8) is 0 Å². The molecule has 1 heterocycles. The Labute approximate surface area is 144 Å². The molecule has 0 bridgehead atoms. The average Bonchev–Trinajstić information content (AvgIpc) is 3.01. The predicted molar refractivity (Wildman–Crippen MR) is 101 cm³/mol. The molecule has 122 valence electrons. The fourth-order valence-corrected chi connectivity index (χ4v) is 3.13. The van der Waals surface area contributed by atoms with E-state index in [4.69, 9.17) is 0 Å². The zero-order valence-corrected chi connectivity index (χ0v) is 13.5. The van der Waals surface area contributed by atoms with Crippen molar-refractivity contribution in [2.75, 3.05) is 0 Å². The van der Waals surface area contributed by atoms with Crippen LogP contribution in [-0.2, 0) is 0 Å². The Kier molecular flexibility index (Phi) is 3.62. The summed E-state index contributed by atoms with van der Waals surface area (Å²) >= 11 is 0. The maximum Gasteiger partial charge on any atom is 0.123 e. The molecule has 0 radical (unpaired) electrons. The van der Waals surface area contributed by atoms with Crippen molar-refractivity contribution in [2.24, 2.45) is 0 Å². The predicted octanol–water partition coefficient (Wildman–Crippen LogP) is 5.99. The molecule has 0 aliphatic heterocycles. The van der Waals surface area contributed by atoms with Crippen LogP contribution >= 0.6 is 0 Å². The highest BCUT2D eigenvalue weighted by molar-refractivity contribution is 6.01. The van der Waals surface area contributed by atoms with Gasteiger partial charge in [-0.25, -0.2) is 4.39 Å². The van der Waals surface area contributed by atoms with Gasteiger partial charge in [-0.1, -0.05) is 43.0 Å². The van der Waals surface area contributed by atoms with E-state index in [0.717, 1.165) is 38.9 Å². The van der Waals surface area contributed by atoms with Crippen molar-refractivity contribution in [1.82, 2.24) is 4.98 Å². The van der Waals surface area contributed by atoms with E-state index in [-0.39, 0.29) is 11.6 Å². The van der Waals surface area contributed by atoms with E-state index < -0.39 is 0 Å². The fourth-order valence-electron chi connectivity index (χ4n) is 3.13. The first-order valence-electron chi connectivity index (χ1n) is 7.99. The SMILES string of the molecule is C=Cc1[nH]c2cc(-c3ccc(F)cc3)ccc2c1-c1ccc(O)cc1. The Bertz CT molecular complexity index is 1060. The van der Waals surface area contributed by atoms with Crippen LogP contribution in [0.4, 0.5) is 4.39 Å². The number of hydrogen-bond donors (Lipinski definition) is 2. The van der Waals surface area contributed by atoms with Crippen LogP contribution in [0.5, 0.6) is 5.75 Å². The number of rotatable bonds is 3. The van der Waals surface area contributed by atoms with Gasteiger partial charge >= 0.3 is 0 Å². The third kappa shape index (κ3) is 2.70. The Morgan fingerprint density at radius 3 is 2.16 bits per heavy atom. The smallest absolute Gasteiger partial charge is 0.123 e. The zero-order valence-electron chi connectivity index (χ0n) is 13.5. The summed E-state index contributed by atoms with van der Waals surface area (Å²) in [5, 5.41) is 10.6. The topological polar surface area (TPSA) is 36.0 Å². The lowest BCUT2D eigenvalue weighted by Gasteiger charge is -2.04. The first-order chi connectivity index (χ1) is 12.2. The molecule has 0 saturated carbocycles. The van der Waals surface area contributed by atoms with Gasteiger partial charge in [0.25, 0.3) is 0 Å². The monoisotopic (exact) mass is 329 g/mol. The molecule has 25 heavy (non-hydrogen) atoms. The van der Waals surface area contributed by atoms with E-state index in [0.29, 0.717) is 0 Å². The zero-order chi connectivity index (χ0) is 17.4. The maximum absolute atomic E-state index is 13.1. The van der Waals surface area contributed by atoms with Gasteiger partial charge in [0.1, 0.15) is 11.6 Å². The van der Waals surface area contributed by atoms with Crippen molar-refractivity contribution in [1.29, 1.82) is 0 Å². The minimum atomic E-state index is -0.242. The van der Waals surface area contributed by atoms with E-state index in [9.17, 15) is 9.50 Å². The van der Waals surface area contributed by atoms with Crippen molar-refractivity contribution >= 4 is 17.0 Å². The van der Waals surface area contributed by atoms with Gasteiger partial charge in [-0.2, -0.15) is 0 Å². The van der Waals surface area contributed by atoms with Gasteiger partial charge < -0.3 is 10.1 Å². The molecule has 3 aromatic carbocycles. The number of benzene rings is 3. The summed E-state index contributed by atoms with van der Waals surface area (Å²) in [6, 6.07) is 19.7. The second-order valence-corrected chi connectivity index (χ2v) is 5.93. The van der Waals surface area contributed by atoms with Crippen molar-refractivity contribution in [3.8, 4) is 28.0 Å². The van der Waals surface area contributed by atoms with Crippen molar-refractivity contribution < 1.29 is 9.50 Å². The Morgan fingerprint density at radius 2 is 1.48 bits per heavy atom. The Balaban J connectivity index is 1.88. The minimum absolute atomic E-state index is 0.238. The van der Waals surface area contributed by atoms with Crippen LogP contribution in [0, 0.1) is 5.82 Å². The third-order valence-electron chi connectivity index (χ3n) is 4.37. The number of aromatic amines is 1. The number of fused-ring (bicyclic) bond motifs is 1. The number of halogens is 1. The summed E-state index contributed by atoms with van der Waals surface area (Å²) < 4.78 is 13.1. The maximum atomic E-state index is 13.1. The van der Waals surface area contributed by atoms with Gasteiger partial charge in [-0.3, -0.25) is 0 Å². The normalized spacial score (nSPS) is 10.9. The molecule has 0 fully saturated rings. The van der Waals surface area contributed by atoms with Crippen LogP contribution in [0.2, 0.25) is 0 Å². The summed E-state index contributed by atoms with van der Waals surface area (Å²) in [6.45, 7) is 3.90. The van der Waals surface area contributed by atoms with Gasteiger partial charge in [0.15, 0.2) is 0 Å². The Hall–Kier alpha value is -3.33. The molecule has 0 unspecified atom stereocenters. The van der Waals surface area contributed by atoms with Gasteiger partial charge in [0.05, 0.1) is 0 Å². The first-order valence-corrected chi connectivity index (χ1v) is 7.99. The van der Waals surface area contributed by atoms with Gasteiger partial charge in [0, 0.05) is 22.2 Å². The molecule has 0 spiro atoms. The van der Waals surface area contributed by atoms with Crippen LogP contribution in [0.1, 0.15) is 5.69 Å². The lowest BCUT2D eigenvalue weighted by atomic mass is 9.99. The molecule has 1 aromatic heterocycles. The van der Waals surface area contributed by atoms with Crippen LogP contribution in [-0.4, -0.2) is 10.1 Å². The molecule has 2 nitrogen and oxygen atoms in total. The number of nitrogens with one attached hydrogen (secondary N) is 1. The number of phenolic OH excluding ortho intramolecular Hbond substituents is 1. The fraction of sp³-hybridized carbons (Fsp3) is 0. The molecule has 0 aliphatic carbocycles. The van der Waals surface area contributed by atoms with E-state index >= 15 is 0 Å². The van der Waals surface area contributed by atoms with Crippen molar-refractivity contribution in [2.45, 2.75) is 0 Å². The minimum Gasteiger partial charge on any atom is -0.508 e. The van der Waals surface area contributed by atoms with Gasteiger partial charge in [-0.15, -0.1) is 0 Å². The molecule has 0 saturated heterocycles. The molecule has 0 atom stereocenters. The quantitative estimate of drug-likeness (QED) is 0.476. The lowest BCUT2D eigenvalue weighted by Crippen LogP contribution is -1.80. The number of H-pyrrole nitrogens is 1. The van der Waals surface area contributed by atoms with Crippen LogP contribution in [0.3, 0.4) is 0 Å². The summed E-state index contributed by atoms with van der Waals surface area (Å²) in [6.07, 6.45) is 1.79. The summed E-state index contributed by atoms with van der Waals surface area (Å²) in [5.41, 5.74) is 5.95. The molecular weight excluding hydrogens is 313 g/mol. The highest BCUT2D eigenvalue weighted by Crippen LogP contribution is 2.35. The summed E-state index contributed by atoms with van der Waals surface area (Å²) in [4.78, 5) is 3.39. The van der Waals surface area contributed by atoms with Gasteiger partial charge in [-0.05, 0) is 53.1 Å². The Morgan fingerprint density at radius 1 is 0.840 bits per heavy atom. The summed E-state index contributed by atoms with van der Waals surface area (Å²) in [5.74, 6) is -0.00407. The highest BCUT2D eigenvalue weighted by atomic mass is 19.1. The second kappa shape index (κ2) is 5.95. The molecule has 3 heteroatoms. The lowest BCUT2D eigenvalue weighted by molar-refractivity contribution is 0.475. The number of hydrogen-bond acceptors (Lipinski definition) is 1. The van der Waals surface area contributed by atoms with Crippen LogP contribution in [0.25, 0.3) is 39.2 Å². The number of phenols is 1. The highest BCUT2D eigenvalue weighted by Gasteiger charge is 2.12. The second-order valence-electron chi connectivity index (χ2n) is 5.93. The third-order valence-corrected chi connectivity index (χ3v) is 4.37. The molecule has 4 aromatic rings. The van der Waals surface area contributed by atoms with E-state index in [2.05, 4.69) is 23.7 Å². The molecular formula is C22H16FNO. The first kappa shape index (κ1) is 15.2. The summed E-state index contributed by atoms with van der Waals surface area (Å²) in [7, 11) is 0. The largest absolute Gasteiger partial charge is 0.508 e.